The lowest BCUT2D eigenvalue weighted by Gasteiger charge is -2.18. The monoisotopic (exact) mass is 549 g/mol. The minimum atomic E-state index is -4.82. The summed E-state index contributed by atoms with van der Waals surface area (Å²) in [4.78, 5) is 13.5. The average Bonchev–Trinajstić information content (AvgIpc) is 3.48. The van der Waals surface area contributed by atoms with Gasteiger partial charge in [-0.15, -0.1) is 13.2 Å². The van der Waals surface area contributed by atoms with Gasteiger partial charge in [-0.3, -0.25) is 0 Å². The molecule has 194 valence electrons. The number of aryl methyl sites for hydroxylation is 2. The molecule has 0 aliphatic heterocycles. The Morgan fingerprint density at radius 2 is 1.89 bits per heavy atom. The number of alkyl halides is 3. The molecule has 0 atom stereocenters. The molecule has 1 saturated carbocycles. The van der Waals surface area contributed by atoms with Gasteiger partial charge in [0.05, 0.1) is 11.0 Å². The number of benzene rings is 2. The molecule has 0 unspecified atom stereocenters. The van der Waals surface area contributed by atoms with Gasteiger partial charge in [0.15, 0.2) is 22.1 Å². The van der Waals surface area contributed by atoms with E-state index in [2.05, 4.69) is 19.7 Å². The van der Waals surface area contributed by atoms with Crippen LogP contribution >= 0.6 is 23.4 Å². The molecule has 0 saturated heterocycles. The van der Waals surface area contributed by atoms with Gasteiger partial charge in [0.2, 0.25) is 0 Å². The van der Waals surface area contributed by atoms with Crippen molar-refractivity contribution in [3.05, 3.63) is 59.4 Å². The smallest absolute Gasteiger partial charge is 0.489 e. The minimum absolute atomic E-state index is 0.00860. The molecule has 0 bridgehead atoms. The first-order chi connectivity index (χ1) is 17.8. The van der Waals surface area contributed by atoms with E-state index in [1.54, 1.807) is 0 Å². The molecule has 0 amide bonds. The number of ether oxygens (including phenoxy) is 2. The molecule has 0 radical (unpaired) electrons. The lowest BCUT2D eigenvalue weighted by atomic mass is 10.1. The van der Waals surface area contributed by atoms with E-state index in [4.69, 9.17) is 22.1 Å². The molecule has 1 aliphatic carbocycles. The number of halogens is 4. The summed E-state index contributed by atoms with van der Waals surface area (Å²) in [5.74, 6) is 0.335. The Kier molecular flexibility index (Phi) is 7.34. The SMILES string of the molecule is Nc1ncnc2c1nc(Sc1cc(OC(F)(F)F)ccc1OC1CCCC1)n2CCc1ccccc1Cl. The van der Waals surface area contributed by atoms with Crippen molar-refractivity contribution in [1.29, 1.82) is 0 Å². The van der Waals surface area contributed by atoms with Gasteiger partial charge in [0.1, 0.15) is 17.8 Å². The first kappa shape index (κ1) is 25.5. The van der Waals surface area contributed by atoms with Crippen LogP contribution in [0.5, 0.6) is 11.5 Å². The summed E-state index contributed by atoms with van der Waals surface area (Å²) in [5, 5.41) is 1.12. The summed E-state index contributed by atoms with van der Waals surface area (Å²) in [5.41, 5.74) is 7.93. The molecular weight excluding hydrogens is 527 g/mol. The Morgan fingerprint density at radius 1 is 1.11 bits per heavy atom. The van der Waals surface area contributed by atoms with Crippen molar-refractivity contribution in [3.8, 4) is 11.5 Å². The highest BCUT2D eigenvalue weighted by molar-refractivity contribution is 7.99. The van der Waals surface area contributed by atoms with Crippen molar-refractivity contribution >= 4 is 40.3 Å². The van der Waals surface area contributed by atoms with Crippen LogP contribution in [-0.2, 0) is 13.0 Å². The number of rotatable bonds is 8. The summed E-state index contributed by atoms with van der Waals surface area (Å²) in [6, 6.07) is 11.6. The molecule has 0 spiro atoms. The fourth-order valence-electron chi connectivity index (χ4n) is 4.29. The van der Waals surface area contributed by atoms with Gasteiger partial charge in [-0.1, -0.05) is 29.8 Å². The zero-order chi connectivity index (χ0) is 26.0. The standard InChI is InChI=1S/C25H23ClF3N5O2S/c26-18-8-4-1-5-15(18)11-12-34-23-21(22(30)31-14-32-23)33-24(34)37-20-13-17(36-25(27,28)29)9-10-19(20)35-16-6-2-3-7-16/h1,4-5,8-10,13-14,16H,2-3,6-7,11-12H2,(H2,30,31,32). The van der Waals surface area contributed by atoms with E-state index in [0.29, 0.717) is 45.0 Å². The van der Waals surface area contributed by atoms with Crippen LogP contribution in [0.3, 0.4) is 0 Å². The molecule has 7 nitrogen and oxygen atoms in total. The van der Waals surface area contributed by atoms with Crippen molar-refractivity contribution in [2.75, 3.05) is 5.73 Å². The number of nitrogens with two attached hydrogens (primary N) is 1. The summed E-state index contributed by atoms with van der Waals surface area (Å²) in [6.45, 7) is 0.455. The number of hydrogen-bond donors (Lipinski definition) is 1. The zero-order valence-electron chi connectivity index (χ0n) is 19.5. The van der Waals surface area contributed by atoms with Gasteiger partial charge in [-0.2, -0.15) is 0 Å². The van der Waals surface area contributed by atoms with Crippen LogP contribution in [0.1, 0.15) is 31.2 Å². The molecule has 2 N–H and O–H groups in total. The summed E-state index contributed by atoms with van der Waals surface area (Å²) in [6.07, 6.45) is 1.02. The third kappa shape index (κ3) is 6.04. The first-order valence-corrected chi connectivity index (χ1v) is 12.9. The van der Waals surface area contributed by atoms with Crippen molar-refractivity contribution in [2.45, 2.75) is 61.2 Å². The molecule has 2 aromatic carbocycles. The van der Waals surface area contributed by atoms with Crippen LogP contribution in [0.2, 0.25) is 5.02 Å². The minimum Gasteiger partial charge on any atom is -0.489 e. The third-order valence-electron chi connectivity index (χ3n) is 6.03. The van der Waals surface area contributed by atoms with Crippen LogP contribution in [0, 0.1) is 0 Å². The molecule has 2 heterocycles. The van der Waals surface area contributed by atoms with E-state index in [0.717, 1.165) is 43.0 Å². The number of aromatic nitrogens is 4. The van der Waals surface area contributed by atoms with Gasteiger partial charge in [-0.05, 0) is 73.7 Å². The van der Waals surface area contributed by atoms with E-state index < -0.39 is 6.36 Å². The topological polar surface area (TPSA) is 88.1 Å². The normalized spacial score (nSPS) is 14.4. The molecule has 12 heteroatoms. The Morgan fingerprint density at radius 3 is 2.65 bits per heavy atom. The van der Waals surface area contributed by atoms with Crippen LogP contribution in [0.15, 0.2) is 58.8 Å². The highest BCUT2D eigenvalue weighted by atomic mass is 35.5. The molecular formula is C25H23ClF3N5O2S. The number of hydrogen-bond acceptors (Lipinski definition) is 7. The van der Waals surface area contributed by atoms with Gasteiger partial charge < -0.3 is 19.8 Å². The van der Waals surface area contributed by atoms with Gasteiger partial charge in [0, 0.05) is 11.6 Å². The maximum atomic E-state index is 13.0. The average molecular weight is 550 g/mol. The van der Waals surface area contributed by atoms with Crippen molar-refractivity contribution in [3.63, 3.8) is 0 Å². The van der Waals surface area contributed by atoms with E-state index in [1.165, 1.54) is 24.5 Å². The maximum Gasteiger partial charge on any atom is 0.573 e. The molecule has 2 aromatic heterocycles. The number of imidazole rings is 1. The van der Waals surface area contributed by atoms with Gasteiger partial charge in [0.25, 0.3) is 0 Å². The first-order valence-electron chi connectivity index (χ1n) is 11.7. The van der Waals surface area contributed by atoms with Crippen molar-refractivity contribution < 1.29 is 22.6 Å². The summed E-state index contributed by atoms with van der Waals surface area (Å²) < 4.78 is 51.1. The number of nitrogen functional groups attached to an aromatic ring is 1. The van der Waals surface area contributed by atoms with Crippen LogP contribution in [-0.4, -0.2) is 32.0 Å². The highest BCUT2D eigenvalue weighted by Crippen LogP contribution is 2.41. The van der Waals surface area contributed by atoms with E-state index in [1.807, 2.05) is 28.8 Å². The zero-order valence-corrected chi connectivity index (χ0v) is 21.1. The number of fused-ring (bicyclic) bond motifs is 1. The quantitative estimate of drug-likeness (QED) is 0.262. The van der Waals surface area contributed by atoms with E-state index >= 15 is 0 Å². The molecule has 5 rings (SSSR count). The molecule has 4 aromatic rings. The van der Waals surface area contributed by atoms with Crippen molar-refractivity contribution in [1.82, 2.24) is 19.5 Å². The second-order valence-electron chi connectivity index (χ2n) is 8.60. The highest BCUT2D eigenvalue weighted by Gasteiger charge is 2.32. The second-order valence-corrected chi connectivity index (χ2v) is 10.0. The lowest BCUT2D eigenvalue weighted by Crippen LogP contribution is -2.17. The Bertz CT molecular complexity index is 1410. The second kappa shape index (κ2) is 10.7. The predicted molar refractivity (Wildman–Crippen MR) is 135 cm³/mol. The third-order valence-corrected chi connectivity index (χ3v) is 7.44. The predicted octanol–water partition coefficient (Wildman–Crippen LogP) is 6.68. The van der Waals surface area contributed by atoms with Crippen LogP contribution < -0.4 is 15.2 Å². The molecule has 37 heavy (non-hydrogen) atoms. The summed E-state index contributed by atoms with van der Waals surface area (Å²) >= 11 is 7.51. The van der Waals surface area contributed by atoms with Crippen LogP contribution in [0.25, 0.3) is 11.2 Å². The largest absolute Gasteiger partial charge is 0.573 e. The van der Waals surface area contributed by atoms with Crippen LogP contribution in [0.4, 0.5) is 19.0 Å². The Hall–Kier alpha value is -3.18. The van der Waals surface area contributed by atoms with Crippen molar-refractivity contribution in [2.24, 2.45) is 0 Å². The van der Waals surface area contributed by atoms with Gasteiger partial charge in [-0.25, -0.2) is 15.0 Å². The molecule has 1 fully saturated rings. The Balaban J connectivity index is 1.52. The maximum absolute atomic E-state index is 13.0. The summed E-state index contributed by atoms with van der Waals surface area (Å²) in [7, 11) is 0. The Labute approximate surface area is 220 Å². The lowest BCUT2D eigenvalue weighted by molar-refractivity contribution is -0.274. The molecule has 1 aliphatic rings. The van der Waals surface area contributed by atoms with E-state index in [-0.39, 0.29) is 17.7 Å². The number of nitrogens with zero attached hydrogens (tertiary/aromatic N) is 4. The van der Waals surface area contributed by atoms with Gasteiger partial charge >= 0.3 is 6.36 Å². The fraction of sp³-hybridized carbons (Fsp3) is 0.320. The number of anilines is 1. The van der Waals surface area contributed by atoms with E-state index in [9.17, 15) is 13.2 Å². The fourth-order valence-corrected chi connectivity index (χ4v) is 5.54.